The molecular weight excluding hydrogens is 458 g/mol. The van der Waals surface area contributed by atoms with Gasteiger partial charge in [0.15, 0.2) is 11.4 Å². The Labute approximate surface area is 200 Å². The summed E-state index contributed by atoms with van der Waals surface area (Å²) < 4.78 is 18.2. The molecule has 1 saturated heterocycles. The van der Waals surface area contributed by atoms with E-state index in [0.717, 1.165) is 35.1 Å². The van der Waals surface area contributed by atoms with Crippen LogP contribution < -0.4 is 20.3 Å². The zero-order chi connectivity index (χ0) is 23.5. The molecule has 0 bridgehead atoms. The fourth-order valence-corrected chi connectivity index (χ4v) is 5.05. The number of fused-ring (bicyclic) bond motifs is 2. The first-order valence-corrected chi connectivity index (χ1v) is 12.3. The number of aromatic nitrogens is 4. The summed E-state index contributed by atoms with van der Waals surface area (Å²) in [6.45, 7) is 1.91. The molecule has 5 heterocycles. The van der Waals surface area contributed by atoms with Crippen molar-refractivity contribution in [2.24, 2.45) is 0 Å². The molecule has 1 fully saturated rings. The van der Waals surface area contributed by atoms with Gasteiger partial charge in [0.1, 0.15) is 5.52 Å². The van der Waals surface area contributed by atoms with E-state index >= 15 is 0 Å². The van der Waals surface area contributed by atoms with Gasteiger partial charge in [-0.2, -0.15) is 4.98 Å². The van der Waals surface area contributed by atoms with E-state index in [2.05, 4.69) is 26.3 Å². The second-order valence-corrected chi connectivity index (χ2v) is 9.45. The van der Waals surface area contributed by atoms with Gasteiger partial charge in [-0.1, -0.05) is 0 Å². The van der Waals surface area contributed by atoms with Crippen LogP contribution in [0.3, 0.4) is 0 Å². The van der Waals surface area contributed by atoms with Gasteiger partial charge in [-0.3, -0.25) is 14.3 Å². The molecule has 0 saturated carbocycles. The smallest absolute Gasteiger partial charge is 0.270 e. The van der Waals surface area contributed by atoms with Gasteiger partial charge in [0, 0.05) is 24.4 Å². The molecule has 10 nitrogen and oxygen atoms in total. The number of hydrogen-bond donors (Lipinski definition) is 2. The van der Waals surface area contributed by atoms with Gasteiger partial charge in [0.05, 0.1) is 62.1 Å². The fraction of sp³-hybridized carbons (Fsp3) is 0.478. The molecule has 34 heavy (non-hydrogen) atoms. The molecule has 1 unspecified atom stereocenters. The number of aliphatic hydroxyl groups is 1. The van der Waals surface area contributed by atoms with Crippen molar-refractivity contribution < 1.29 is 19.3 Å². The van der Waals surface area contributed by atoms with E-state index in [4.69, 9.17) is 14.2 Å². The maximum absolute atomic E-state index is 12.5. The lowest BCUT2D eigenvalue weighted by Crippen LogP contribution is -2.45. The Bertz CT molecular complexity index is 1210. The monoisotopic (exact) mass is 485 g/mol. The standard InChI is InChI=1S/C23H27N5O5S/c1-31-21-5-3-16-23(27-21)28(22(30)11-26-16)12-17(29)18-4-2-14(13-33-18)24-9-15-8-20-19(10-25-15)32-6-7-34-20/h3,5,8,10-11,14,17-18,24,29H,2,4,6-7,9,12-13H2,1H3/t14-,17+,18?/m1/s1. The SMILES string of the molecule is COc1ccc2ncc(=O)n(C[C@H](O)C3CC[C@@H](NCc4cc5c(cn4)OCCS5)CO3)c2n1. The first kappa shape index (κ1) is 23.0. The van der Waals surface area contributed by atoms with Gasteiger partial charge >= 0.3 is 0 Å². The third-order valence-electron chi connectivity index (χ3n) is 6.04. The minimum Gasteiger partial charge on any atom is -0.490 e. The van der Waals surface area contributed by atoms with E-state index in [0.29, 0.717) is 36.6 Å². The Kier molecular flexibility index (Phi) is 6.95. The van der Waals surface area contributed by atoms with Crippen LogP contribution in [0.2, 0.25) is 0 Å². The number of rotatable bonds is 7. The van der Waals surface area contributed by atoms with Crippen LogP contribution in [0, 0.1) is 0 Å². The number of thioether (sulfide) groups is 1. The quantitative estimate of drug-likeness (QED) is 0.508. The van der Waals surface area contributed by atoms with E-state index in [-0.39, 0.29) is 24.2 Å². The average molecular weight is 486 g/mol. The van der Waals surface area contributed by atoms with Crippen LogP contribution in [0.5, 0.6) is 11.6 Å². The highest BCUT2D eigenvalue weighted by molar-refractivity contribution is 7.99. The molecule has 0 radical (unpaired) electrons. The van der Waals surface area contributed by atoms with Crippen molar-refractivity contribution in [1.29, 1.82) is 0 Å². The summed E-state index contributed by atoms with van der Waals surface area (Å²) in [6, 6.07) is 5.66. The molecule has 11 heteroatoms. The second-order valence-electron chi connectivity index (χ2n) is 8.32. The maximum Gasteiger partial charge on any atom is 0.270 e. The highest BCUT2D eigenvalue weighted by atomic mass is 32.2. The van der Waals surface area contributed by atoms with E-state index < -0.39 is 6.10 Å². The summed E-state index contributed by atoms with van der Waals surface area (Å²) >= 11 is 1.79. The van der Waals surface area contributed by atoms with E-state index in [9.17, 15) is 9.90 Å². The minimum absolute atomic E-state index is 0.0690. The molecule has 2 aliphatic heterocycles. The van der Waals surface area contributed by atoms with Gasteiger partial charge < -0.3 is 24.6 Å². The molecule has 0 aromatic carbocycles. The van der Waals surface area contributed by atoms with Gasteiger partial charge in [0.25, 0.3) is 5.56 Å². The van der Waals surface area contributed by atoms with Crippen molar-refractivity contribution in [2.45, 2.75) is 49.1 Å². The van der Waals surface area contributed by atoms with Crippen molar-refractivity contribution in [3.8, 4) is 11.6 Å². The Morgan fingerprint density at radius 2 is 2.24 bits per heavy atom. The summed E-state index contributed by atoms with van der Waals surface area (Å²) in [6.07, 6.45) is 3.34. The van der Waals surface area contributed by atoms with Crippen molar-refractivity contribution in [2.75, 3.05) is 26.1 Å². The van der Waals surface area contributed by atoms with Crippen molar-refractivity contribution >= 4 is 22.9 Å². The summed E-state index contributed by atoms with van der Waals surface area (Å²) in [5.74, 6) is 2.19. The zero-order valence-corrected chi connectivity index (χ0v) is 19.7. The summed E-state index contributed by atoms with van der Waals surface area (Å²) in [7, 11) is 1.51. The number of ether oxygens (including phenoxy) is 3. The molecular formula is C23H27N5O5S. The molecule has 180 valence electrons. The molecule has 3 aromatic rings. The Hall–Kier alpha value is -2.73. The van der Waals surface area contributed by atoms with Crippen LogP contribution in [0.4, 0.5) is 0 Å². The Balaban J connectivity index is 1.17. The van der Waals surface area contributed by atoms with Gasteiger partial charge in [-0.15, -0.1) is 11.8 Å². The van der Waals surface area contributed by atoms with Crippen molar-refractivity contribution in [3.63, 3.8) is 0 Å². The molecule has 2 aliphatic rings. The predicted molar refractivity (Wildman–Crippen MR) is 126 cm³/mol. The van der Waals surface area contributed by atoms with Crippen LogP contribution in [0.25, 0.3) is 11.2 Å². The number of hydrogen-bond acceptors (Lipinski definition) is 10. The van der Waals surface area contributed by atoms with E-state index in [1.807, 2.05) is 0 Å². The summed E-state index contributed by atoms with van der Waals surface area (Å²) in [5, 5.41) is 14.3. The van der Waals surface area contributed by atoms with E-state index in [1.54, 1.807) is 30.1 Å². The predicted octanol–water partition coefficient (Wildman–Crippen LogP) is 1.38. The first-order valence-electron chi connectivity index (χ1n) is 11.3. The Morgan fingerprint density at radius 3 is 3.06 bits per heavy atom. The second kappa shape index (κ2) is 10.3. The topological polar surface area (TPSA) is 121 Å². The molecule has 2 N–H and O–H groups in total. The van der Waals surface area contributed by atoms with Crippen LogP contribution >= 0.6 is 11.8 Å². The molecule has 5 rings (SSSR count). The van der Waals surface area contributed by atoms with Crippen LogP contribution in [-0.4, -0.2) is 69.0 Å². The maximum atomic E-state index is 12.5. The number of aliphatic hydroxyl groups excluding tert-OH is 1. The molecule has 0 aliphatic carbocycles. The van der Waals surface area contributed by atoms with Crippen LogP contribution in [-0.2, 0) is 17.8 Å². The molecule has 0 spiro atoms. The highest BCUT2D eigenvalue weighted by Crippen LogP contribution is 2.32. The average Bonchev–Trinajstić information content (AvgIpc) is 2.89. The van der Waals surface area contributed by atoms with Crippen LogP contribution in [0.15, 0.2) is 40.3 Å². The lowest BCUT2D eigenvalue weighted by atomic mass is 10.0. The number of pyridine rings is 2. The number of nitrogens with zero attached hydrogens (tertiary/aromatic N) is 4. The van der Waals surface area contributed by atoms with Gasteiger partial charge in [-0.25, -0.2) is 4.98 Å². The molecule has 0 amide bonds. The van der Waals surface area contributed by atoms with Gasteiger partial charge in [-0.05, 0) is 25.0 Å². The third-order valence-corrected chi connectivity index (χ3v) is 7.04. The highest BCUT2D eigenvalue weighted by Gasteiger charge is 2.28. The summed E-state index contributed by atoms with van der Waals surface area (Å²) in [4.78, 5) is 26.5. The first-order chi connectivity index (χ1) is 16.6. The number of nitrogens with one attached hydrogen (secondary N) is 1. The molecule has 3 aromatic heterocycles. The lowest BCUT2D eigenvalue weighted by Gasteiger charge is -2.32. The largest absolute Gasteiger partial charge is 0.490 e. The lowest BCUT2D eigenvalue weighted by molar-refractivity contribution is -0.0771. The zero-order valence-electron chi connectivity index (χ0n) is 18.8. The normalized spacial score (nSPS) is 21.0. The van der Waals surface area contributed by atoms with Gasteiger partial charge in [0.2, 0.25) is 5.88 Å². The van der Waals surface area contributed by atoms with E-state index in [1.165, 1.54) is 17.9 Å². The molecule has 3 atom stereocenters. The fourth-order valence-electron chi connectivity index (χ4n) is 4.19. The summed E-state index contributed by atoms with van der Waals surface area (Å²) in [5.41, 5.74) is 1.57. The minimum atomic E-state index is -0.850. The van der Waals surface area contributed by atoms with Crippen LogP contribution in [0.1, 0.15) is 18.5 Å². The third kappa shape index (κ3) is 5.02. The van der Waals surface area contributed by atoms with Crippen molar-refractivity contribution in [3.05, 3.63) is 46.6 Å². The Morgan fingerprint density at radius 1 is 1.32 bits per heavy atom. The number of methoxy groups -OCH3 is 1. The van der Waals surface area contributed by atoms with Crippen molar-refractivity contribution in [1.82, 2.24) is 24.8 Å².